The Morgan fingerprint density at radius 2 is 2.06 bits per heavy atom. The summed E-state index contributed by atoms with van der Waals surface area (Å²) < 4.78 is 29.6. The van der Waals surface area contributed by atoms with Gasteiger partial charge in [-0.15, -0.1) is 0 Å². The van der Waals surface area contributed by atoms with E-state index in [1.165, 1.54) is 6.07 Å². The number of nitrogens with zero attached hydrogens (tertiary/aromatic N) is 1. The smallest absolute Gasteiger partial charge is 0.142 e. The standard InChI is InChI=1S/C13H18FNOS/c1-4-10(3)17(16)15-13(5-2)11-8-6-7-9-12(11)14/h6-10H,4-5H2,1-3H3/b15-13+. The van der Waals surface area contributed by atoms with Crippen molar-refractivity contribution in [2.45, 2.75) is 38.9 Å². The molecule has 0 heterocycles. The molecule has 0 aliphatic heterocycles. The molecule has 0 aliphatic rings. The summed E-state index contributed by atoms with van der Waals surface area (Å²) in [7, 11) is -1.28. The molecule has 17 heavy (non-hydrogen) atoms. The van der Waals surface area contributed by atoms with E-state index in [9.17, 15) is 8.60 Å². The molecule has 2 atom stereocenters. The van der Waals surface area contributed by atoms with E-state index in [0.717, 1.165) is 6.42 Å². The molecule has 0 amide bonds. The minimum absolute atomic E-state index is 0.00308. The molecular weight excluding hydrogens is 237 g/mol. The molecule has 2 nitrogen and oxygen atoms in total. The van der Waals surface area contributed by atoms with Crippen molar-refractivity contribution < 1.29 is 8.60 Å². The van der Waals surface area contributed by atoms with Crippen LogP contribution in [0.1, 0.15) is 39.2 Å². The summed E-state index contributed by atoms with van der Waals surface area (Å²) in [6.45, 7) is 5.74. The summed E-state index contributed by atoms with van der Waals surface area (Å²) in [6, 6.07) is 6.46. The molecule has 0 fully saturated rings. The van der Waals surface area contributed by atoms with Gasteiger partial charge in [-0.05, 0) is 25.8 Å². The monoisotopic (exact) mass is 255 g/mol. The quantitative estimate of drug-likeness (QED) is 0.741. The molecule has 0 bridgehead atoms. The van der Waals surface area contributed by atoms with Crippen LogP contribution in [-0.4, -0.2) is 15.2 Å². The third-order valence-electron chi connectivity index (χ3n) is 2.64. The van der Waals surface area contributed by atoms with Crippen molar-refractivity contribution in [3.63, 3.8) is 0 Å². The van der Waals surface area contributed by atoms with Gasteiger partial charge in [0.1, 0.15) is 16.8 Å². The second-order valence-corrected chi connectivity index (χ2v) is 5.41. The maximum absolute atomic E-state index is 13.6. The summed E-state index contributed by atoms with van der Waals surface area (Å²) in [6.07, 6.45) is 1.37. The Morgan fingerprint density at radius 3 is 2.59 bits per heavy atom. The summed E-state index contributed by atoms with van der Waals surface area (Å²) in [4.78, 5) is 0. The van der Waals surface area contributed by atoms with Gasteiger partial charge in [0.25, 0.3) is 0 Å². The second kappa shape index (κ2) is 6.64. The fraction of sp³-hybridized carbons (Fsp3) is 0.462. The van der Waals surface area contributed by atoms with Crippen molar-refractivity contribution in [1.82, 2.24) is 0 Å². The zero-order valence-corrected chi connectivity index (χ0v) is 11.3. The number of hydrogen-bond donors (Lipinski definition) is 0. The van der Waals surface area contributed by atoms with Crippen molar-refractivity contribution in [1.29, 1.82) is 0 Å². The molecule has 0 saturated heterocycles. The van der Waals surface area contributed by atoms with E-state index in [-0.39, 0.29) is 11.1 Å². The van der Waals surface area contributed by atoms with Gasteiger partial charge < -0.3 is 0 Å². The lowest BCUT2D eigenvalue weighted by Crippen LogP contribution is -2.11. The van der Waals surface area contributed by atoms with E-state index in [0.29, 0.717) is 17.7 Å². The molecule has 0 aliphatic carbocycles. The van der Waals surface area contributed by atoms with E-state index < -0.39 is 11.0 Å². The van der Waals surface area contributed by atoms with Gasteiger partial charge in [0, 0.05) is 5.56 Å². The van der Waals surface area contributed by atoms with Crippen molar-refractivity contribution in [2.75, 3.05) is 0 Å². The lowest BCUT2D eigenvalue weighted by atomic mass is 10.1. The fourth-order valence-electron chi connectivity index (χ4n) is 1.34. The molecule has 1 aromatic rings. The van der Waals surface area contributed by atoms with Crippen LogP contribution >= 0.6 is 0 Å². The lowest BCUT2D eigenvalue weighted by Gasteiger charge is -2.08. The average molecular weight is 255 g/mol. The largest absolute Gasteiger partial charge is 0.235 e. The van der Waals surface area contributed by atoms with Gasteiger partial charge in [-0.3, -0.25) is 0 Å². The van der Waals surface area contributed by atoms with Crippen LogP contribution in [0, 0.1) is 5.82 Å². The van der Waals surface area contributed by atoms with E-state index in [4.69, 9.17) is 0 Å². The molecule has 4 heteroatoms. The van der Waals surface area contributed by atoms with Gasteiger partial charge >= 0.3 is 0 Å². The van der Waals surface area contributed by atoms with Crippen LogP contribution < -0.4 is 0 Å². The van der Waals surface area contributed by atoms with Gasteiger partial charge in [-0.25, -0.2) is 8.60 Å². The summed E-state index contributed by atoms with van der Waals surface area (Å²) in [5.74, 6) is -0.311. The minimum atomic E-state index is -1.28. The summed E-state index contributed by atoms with van der Waals surface area (Å²) in [5, 5.41) is 0.00308. The topological polar surface area (TPSA) is 29.4 Å². The zero-order valence-electron chi connectivity index (χ0n) is 10.4. The molecule has 94 valence electrons. The highest BCUT2D eigenvalue weighted by Gasteiger charge is 2.12. The van der Waals surface area contributed by atoms with Crippen molar-refractivity contribution >= 4 is 16.7 Å². The van der Waals surface area contributed by atoms with Crippen LogP contribution in [0.25, 0.3) is 0 Å². The Bertz CT molecular complexity index is 431. The Kier molecular flexibility index (Phi) is 5.48. The molecular formula is C13H18FNOS. The van der Waals surface area contributed by atoms with Crippen LogP contribution in [-0.2, 0) is 11.0 Å². The van der Waals surface area contributed by atoms with E-state index >= 15 is 0 Å². The summed E-state index contributed by atoms with van der Waals surface area (Å²) in [5.41, 5.74) is 1.02. The van der Waals surface area contributed by atoms with Crippen molar-refractivity contribution in [3.05, 3.63) is 35.6 Å². The third kappa shape index (κ3) is 3.73. The summed E-state index contributed by atoms with van der Waals surface area (Å²) >= 11 is 0. The number of rotatable bonds is 5. The number of halogens is 1. The van der Waals surface area contributed by atoms with Crippen LogP contribution in [0.2, 0.25) is 0 Å². The van der Waals surface area contributed by atoms with E-state index in [1.807, 2.05) is 20.8 Å². The Morgan fingerprint density at radius 1 is 1.41 bits per heavy atom. The van der Waals surface area contributed by atoms with Crippen LogP contribution in [0.3, 0.4) is 0 Å². The SMILES string of the molecule is CC/C(=N\S(=O)C(C)CC)c1ccccc1F. The molecule has 0 N–H and O–H groups in total. The van der Waals surface area contributed by atoms with Crippen molar-refractivity contribution in [2.24, 2.45) is 4.40 Å². The zero-order chi connectivity index (χ0) is 12.8. The average Bonchev–Trinajstić information content (AvgIpc) is 2.35. The molecule has 0 aromatic heterocycles. The Hall–Kier alpha value is -1.03. The van der Waals surface area contributed by atoms with Gasteiger partial charge in [-0.2, -0.15) is 4.40 Å². The molecule has 2 unspecified atom stereocenters. The Labute approximate surface area is 105 Å². The van der Waals surface area contributed by atoms with Gasteiger partial charge in [0.05, 0.1) is 11.0 Å². The molecule has 1 rings (SSSR count). The molecule has 0 saturated carbocycles. The second-order valence-electron chi connectivity index (χ2n) is 3.87. The maximum atomic E-state index is 13.6. The molecule has 0 radical (unpaired) electrons. The highest BCUT2D eigenvalue weighted by molar-refractivity contribution is 7.84. The normalized spacial score (nSPS) is 15.6. The molecule has 1 aromatic carbocycles. The van der Waals surface area contributed by atoms with Crippen LogP contribution in [0.5, 0.6) is 0 Å². The minimum Gasteiger partial charge on any atom is -0.235 e. The first kappa shape index (κ1) is 14.0. The van der Waals surface area contributed by atoms with Crippen LogP contribution in [0.15, 0.2) is 28.7 Å². The molecule has 0 spiro atoms. The predicted octanol–water partition coefficient (Wildman–Crippen LogP) is 3.49. The van der Waals surface area contributed by atoms with Crippen molar-refractivity contribution in [3.8, 4) is 0 Å². The maximum Gasteiger partial charge on any atom is 0.142 e. The first-order chi connectivity index (χ1) is 8.10. The van der Waals surface area contributed by atoms with Gasteiger partial charge in [0.15, 0.2) is 0 Å². The first-order valence-electron chi connectivity index (χ1n) is 5.83. The third-order valence-corrected chi connectivity index (χ3v) is 4.06. The fourth-order valence-corrected chi connectivity index (χ4v) is 2.25. The predicted molar refractivity (Wildman–Crippen MR) is 71.1 cm³/mol. The van der Waals surface area contributed by atoms with Crippen LogP contribution in [0.4, 0.5) is 4.39 Å². The highest BCUT2D eigenvalue weighted by Crippen LogP contribution is 2.12. The van der Waals surface area contributed by atoms with E-state index in [2.05, 4.69) is 4.40 Å². The number of hydrogen-bond acceptors (Lipinski definition) is 1. The van der Waals surface area contributed by atoms with E-state index in [1.54, 1.807) is 18.2 Å². The Balaban J connectivity index is 3.04. The number of benzene rings is 1. The van der Waals surface area contributed by atoms with Gasteiger partial charge in [0.2, 0.25) is 0 Å². The first-order valence-corrected chi connectivity index (χ1v) is 7.00. The van der Waals surface area contributed by atoms with Gasteiger partial charge in [-0.1, -0.05) is 32.0 Å². The lowest BCUT2D eigenvalue weighted by molar-refractivity contribution is 0.625. The highest BCUT2D eigenvalue weighted by atomic mass is 32.2.